The predicted octanol–water partition coefficient (Wildman–Crippen LogP) is 4.40. The molecule has 0 aromatic heterocycles. The smallest absolute Gasteiger partial charge is 0.194 e. The summed E-state index contributed by atoms with van der Waals surface area (Å²) in [7, 11) is 0. The van der Waals surface area contributed by atoms with Crippen LogP contribution in [-0.4, -0.2) is 4.71 Å². The number of thioether (sulfide) groups is 1. The summed E-state index contributed by atoms with van der Waals surface area (Å²) >= 11 is 7.35. The van der Waals surface area contributed by atoms with Crippen LogP contribution >= 0.6 is 23.4 Å². The first-order valence-corrected chi connectivity index (χ1v) is 6.00. The van der Waals surface area contributed by atoms with Crippen molar-refractivity contribution in [2.45, 2.75) is 17.6 Å². The van der Waals surface area contributed by atoms with Crippen LogP contribution in [0.25, 0.3) is 0 Å². The fraction of sp³-hybridized carbons (Fsp3) is 0.273. The first-order chi connectivity index (χ1) is 7.52. The zero-order valence-corrected chi connectivity index (χ0v) is 9.88. The highest BCUT2D eigenvalue weighted by atomic mass is 35.5. The summed E-state index contributed by atoms with van der Waals surface area (Å²) in [6, 6.07) is 2.17. The van der Waals surface area contributed by atoms with E-state index in [1.54, 1.807) is 6.92 Å². The monoisotopic (exact) mass is 264 g/mol. The van der Waals surface area contributed by atoms with E-state index in [1.807, 2.05) is 5.41 Å². The van der Waals surface area contributed by atoms with E-state index < -0.39 is 23.4 Å². The van der Waals surface area contributed by atoms with Gasteiger partial charge in [-0.15, -0.1) is 23.4 Å². The van der Waals surface area contributed by atoms with Crippen LogP contribution in [0.15, 0.2) is 23.1 Å². The fourth-order valence-electron chi connectivity index (χ4n) is 1.70. The quantitative estimate of drug-likeness (QED) is 0.535. The van der Waals surface area contributed by atoms with Gasteiger partial charge >= 0.3 is 0 Å². The lowest BCUT2D eigenvalue weighted by molar-refractivity contribution is 0.439. The van der Waals surface area contributed by atoms with Gasteiger partial charge in [0.25, 0.3) is 0 Å². The van der Waals surface area contributed by atoms with Crippen molar-refractivity contribution in [3.05, 3.63) is 46.1 Å². The lowest BCUT2D eigenvalue weighted by atomic mass is 9.94. The highest BCUT2D eigenvalue weighted by molar-refractivity contribution is 8.04. The van der Waals surface area contributed by atoms with Gasteiger partial charge in [0.2, 0.25) is 0 Å². The van der Waals surface area contributed by atoms with Crippen LogP contribution in [0.3, 0.4) is 0 Å². The Kier molecular flexibility index (Phi) is 3.22. The summed E-state index contributed by atoms with van der Waals surface area (Å²) in [5.41, 5.74) is 0.965. The summed E-state index contributed by atoms with van der Waals surface area (Å²) in [5, 5.41) is 1.81. The molecule has 0 nitrogen and oxygen atoms in total. The van der Waals surface area contributed by atoms with Gasteiger partial charge in [-0.2, -0.15) is 0 Å². The molecule has 0 bridgehead atoms. The summed E-state index contributed by atoms with van der Waals surface area (Å²) < 4.78 is 39.0. The second-order valence-corrected chi connectivity index (χ2v) is 5.34. The fourth-order valence-corrected chi connectivity index (χ4v) is 3.20. The van der Waals surface area contributed by atoms with Crippen LogP contribution in [0.5, 0.6) is 0 Å². The lowest BCUT2D eigenvalue weighted by Gasteiger charge is -2.17. The van der Waals surface area contributed by atoms with Crippen molar-refractivity contribution >= 4 is 23.4 Å². The van der Waals surface area contributed by atoms with Crippen LogP contribution < -0.4 is 0 Å². The first kappa shape index (κ1) is 11.9. The van der Waals surface area contributed by atoms with E-state index in [0.29, 0.717) is 0 Å². The van der Waals surface area contributed by atoms with Crippen LogP contribution in [0.2, 0.25) is 0 Å². The lowest BCUT2D eigenvalue weighted by Crippen LogP contribution is -2.10. The Hall–Kier alpha value is -0.610. The van der Waals surface area contributed by atoms with Gasteiger partial charge in [-0.3, -0.25) is 0 Å². The number of hydrogen-bond acceptors (Lipinski definition) is 1. The van der Waals surface area contributed by atoms with Gasteiger partial charge in [-0.05, 0) is 18.4 Å². The average molecular weight is 265 g/mol. The number of allylic oxidation sites excluding steroid dienone is 1. The summed E-state index contributed by atoms with van der Waals surface area (Å²) in [5.74, 6) is -4.17. The van der Waals surface area contributed by atoms with Crippen molar-refractivity contribution < 1.29 is 13.2 Å². The molecule has 1 aliphatic heterocycles. The molecule has 0 spiro atoms. The molecular weight excluding hydrogens is 257 g/mol. The van der Waals surface area contributed by atoms with Crippen LogP contribution in [0.1, 0.15) is 18.4 Å². The van der Waals surface area contributed by atoms with Gasteiger partial charge in [-0.25, -0.2) is 13.2 Å². The third kappa shape index (κ3) is 1.84. The van der Waals surface area contributed by atoms with Crippen LogP contribution in [-0.2, 0) is 0 Å². The average Bonchev–Trinajstić information content (AvgIpc) is 2.57. The molecule has 0 aliphatic carbocycles. The molecule has 16 heavy (non-hydrogen) atoms. The van der Waals surface area contributed by atoms with Crippen molar-refractivity contribution in [2.75, 3.05) is 0 Å². The van der Waals surface area contributed by atoms with Gasteiger partial charge in [0.05, 0.1) is 4.71 Å². The minimum absolute atomic E-state index is 0.109. The molecule has 86 valence electrons. The number of hydrogen-bond donors (Lipinski definition) is 0. The standard InChI is InChI=1S/C11H8ClF3S/c1-5-4-16-11(12)8(5)6-2-3-7(13)10(15)9(6)14/h2-4,8,11H,1H3/t8?,11-/m1/s1. The first-order valence-electron chi connectivity index (χ1n) is 4.62. The molecule has 0 amide bonds. The molecule has 0 saturated heterocycles. The Morgan fingerprint density at radius 2 is 1.88 bits per heavy atom. The molecule has 5 heteroatoms. The molecule has 2 rings (SSSR count). The Balaban J connectivity index is 2.49. The molecular formula is C11H8ClF3S. The van der Waals surface area contributed by atoms with E-state index >= 15 is 0 Å². The maximum Gasteiger partial charge on any atom is 0.194 e. The highest BCUT2D eigenvalue weighted by Gasteiger charge is 2.31. The molecule has 1 heterocycles. The Morgan fingerprint density at radius 3 is 2.44 bits per heavy atom. The van der Waals surface area contributed by atoms with Crippen LogP contribution in [0.4, 0.5) is 13.2 Å². The summed E-state index contributed by atoms with van der Waals surface area (Å²) in [4.78, 5) is 0. The van der Waals surface area contributed by atoms with E-state index in [1.165, 1.54) is 17.8 Å². The van der Waals surface area contributed by atoms with Crippen molar-refractivity contribution in [2.24, 2.45) is 0 Å². The second kappa shape index (κ2) is 4.34. The molecule has 1 aromatic carbocycles. The molecule has 1 aliphatic rings. The Bertz CT molecular complexity index is 459. The topological polar surface area (TPSA) is 0 Å². The van der Waals surface area contributed by atoms with E-state index in [-0.39, 0.29) is 10.3 Å². The zero-order valence-electron chi connectivity index (χ0n) is 8.31. The third-order valence-corrected chi connectivity index (χ3v) is 4.14. The maximum absolute atomic E-state index is 13.6. The van der Waals surface area contributed by atoms with Crippen molar-refractivity contribution in [1.82, 2.24) is 0 Å². The number of alkyl halides is 1. The molecule has 1 aromatic rings. The molecule has 1 unspecified atom stereocenters. The maximum atomic E-state index is 13.6. The van der Waals surface area contributed by atoms with Gasteiger partial charge in [0.15, 0.2) is 17.5 Å². The third-order valence-electron chi connectivity index (χ3n) is 2.54. The van der Waals surface area contributed by atoms with Gasteiger partial charge in [0.1, 0.15) is 0 Å². The zero-order chi connectivity index (χ0) is 11.9. The largest absolute Gasteiger partial charge is 0.204 e. The SMILES string of the molecule is CC1=CS[C@@H](Cl)C1c1ccc(F)c(F)c1F. The number of halogens is 4. The van der Waals surface area contributed by atoms with Crippen molar-refractivity contribution in [1.29, 1.82) is 0 Å². The second-order valence-electron chi connectivity index (χ2n) is 3.59. The van der Waals surface area contributed by atoms with E-state index in [0.717, 1.165) is 11.6 Å². The normalized spacial score (nSPS) is 24.7. The minimum atomic E-state index is -1.44. The highest BCUT2D eigenvalue weighted by Crippen LogP contribution is 2.45. The summed E-state index contributed by atoms with van der Waals surface area (Å²) in [6.07, 6.45) is 0. The van der Waals surface area contributed by atoms with Gasteiger partial charge in [0, 0.05) is 11.5 Å². The predicted molar refractivity (Wildman–Crippen MR) is 60.0 cm³/mol. The Labute approximate surface area is 100 Å². The number of rotatable bonds is 1. The molecule has 0 saturated carbocycles. The van der Waals surface area contributed by atoms with E-state index in [4.69, 9.17) is 11.6 Å². The Morgan fingerprint density at radius 1 is 1.19 bits per heavy atom. The molecule has 0 radical (unpaired) electrons. The van der Waals surface area contributed by atoms with Crippen molar-refractivity contribution in [3.8, 4) is 0 Å². The molecule has 0 N–H and O–H groups in total. The van der Waals surface area contributed by atoms with Crippen molar-refractivity contribution in [3.63, 3.8) is 0 Å². The molecule has 2 atom stereocenters. The summed E-state index contributed by atoms with van der Waals surface area (Å²) in [6.45, 7) is 1.79. The number of benzene rings is 1. The van der Waals surface area contributed by atoms with E-state index in [2.05, 4.69) is 0 Å². The van der Waals surface area contributed by atoms with E-state index in [9.17, 15) is 13.2 Å². The molecule has 0 fully saturated rings. The van der Waals surface area contributed by atoms with Gasteiger partial charge < -0.3 is 0 Å². The minimum Gasteiger partial charge on any atom is -0.204 e. The van der Waals surface area contributed by atoms with Crippen LogP contribution in [0, 0.1) is 17.5 Å². The van der Waals surface area contributed by atoms with Gasteiger partial charge in [-0.1, -0.05) is 11.6 Å².